The van der Waals surface area contributed by atoms with Crippen molar-refractivity contribution in [1.29, 1.82) is 0 Å². The second kappa shape index (κ2) is 4.09. The average molecular weight is 205 g/mol. The Morgan fingerprint density at radius 3 is 2.93 bits per heavy atom. The van der Waals surface area contributed by atoms with Crippen molar-refractivity contribution in [2.24, 2.45) is 0 Å². The lowest BCUT2D eigenvalue weighted by Crippen LogP contribution is -2.38. The number of pyridine rings is 1. The summed E-state index contributed by atoms with van der Waals surface area (Å²) in [5.41, 5.74) is 7.82. The second-order valence-corrected chi connectivity index (χ2v) is 4.40. The first kappa shape index (κ1) is 10.3. The van der Waals surface area contributed by atoms with Crippen molar-refractivity contribution in [1.82, 2.24) is 4.98 Å². The number of piperidine rings is 1. The van der Waals surface area contributed by atoms with Gasteiger partial charge in [-0.3, -0.25) is 0 Å². The van der Waals surface area contributed by atoms with E-state index in [2.05, 4.69) is 16.8 Å². The molecule has 1 fully saturated rings. The van der Waals surface area contributed by atoms with Gasteiger partial charge in [0.05, 0.1) is 5.69 Å². The van der Waals surface area contributed by atoms with E-state index >= 15 is 0 Å². The number of aryl methyl sites for hydroxylation is 1. The van der Waals surface area contributed by atoms with Crippen molar-refractivity contribution >= 4 is 11.5 Å². The monoisotopic (exact) mass is 205 g/mol. The van der Waals surface area contributed by atoms with Crippen LogP contribution in [0.4, 0.5) is 11.5 Å². The third kappa shape index (κ3) is 2.06. The molecule has 1 aromatic rings. The van der Waals surface area contributed by atoms with Crippen LogP contribution in [-0.4, -0.2) is 17.6 Å². The summed E-state index contributed by atoms with van der Waals surface area (Å²) >= 11 is 0. The summed E-state index contributed by atoms with van der Waals surface area (Å²) in [7, 11) is 0. The average Bonchev–Trinajstić information content (AvgIpc) is 2.23. The number of nitrogens with zero attached hydrogens (tertiary/aromatic N) is 2. The Labute approximate surface area is 91.3 Å². The molecule has 3 nitrogen and oxygen atoms in total. The highest BCUT2D eigenvalue weighted by Crippen LogP contribution is 2.27. The number of aromatic nitrogens is 1. The van der Waals surface area contributed by atoms with Gasteiger partial charge in [0.1, 0.15) is 0 Å². The van der Waals surface area contributed by atoms with Gasteiger partial charge in [-0.2, -0.15) is 0 Å². The number of hydrogen-bond acceptors (Lipinski definition) is 3. The fraction of sp³-hybridized carbons (Fsp3) is 0.583. The van der Waals surface area contributed by atoms with E-state index in [1.807, 2.05) is 19.1 Å². The van der Waals surface area contributed by atoms with Crippen LogP contribution in [0.5, 0.6) is 0 Å². The molecule has 1 atom stereocenters. The molecule has 0 aliphatic carbocycles. The lowest BCUT2D eigenvalue weighted by molar-refractivity contribution is 0.481. The zero-order chi connectivity index (χ0) is 10.8. The molecule has 1 aliphatic rings. The van der Waals surface area contributed by atoms with Crippen LogP contribution in [0.2, 0.25) is 0 Å². The molecule has 1 saturated heterocycles. The van der Waals surface area contributed by atoms with Gasteiger partial charge < -0.3 is 10.6 Å². The lowest BCUT2D eigenvalue weighted by atomic mass is 10.0. The molecule has 0 saturated carbocycles. The molecular weight excluding hydrogens is 186 g/mol. The SMILES string of the molecule is Cc1ccc(N)c(N2CCCCC2C)n1. The zero-order valence-corrected chi connectivity index (χ0v) is 9.53. The molecule has 15 heavy (non-hydrogen) atoms. The first-order valence-electron chi connectivity index (χ1n) is 5.68. The van der Waals surface area contributed by atoms with Gasteiger partial charge in [-0.15, -0.1) is 0 Å². The molecule has 3 heteroatoms. The molecule has 0 radical (unpaired) electrons. The topological polar surface area (TPSA) is 42.1 Å². The Kier molecular flexibility index (Phi) is 2.80. The first-order valence-corrected chi connectivity index (χ1v) is 5.68. The van der Waals surface area contributed by atoms with Crippen molar-refractivity contribution in [3.8, 4) is 0 Å². The van der Waals surface area contributed by atoms with E-state index in [0.717, 1.165) is 23.7 Å². The summed E-state index contributed by atoms with van der Waals surface area (Å²) in [6.07, 6.45) is 3.82. The van der Waals surface area contributed by atoms with Crippen molar-refractivity contribution in [2.45, 2.75) is 39.2 Å². The predicted molar refractivity (Wildman–Crippen MR) is 64.0 cm³/mol. The highest BCUT2D eigenvalue weighted by atomic mass is 15.2. The predicted octanol–water partition coefficient (Wildman–Crippen LogP) is 2.35. The fourth-order valence-electron chi connectivity index (χ4n) is 2.20. The summed E-state index contributed by atoms with van der Waals surface area (Å²) in [6, 6.07) is 4.49. The quantitative estimate of drug-likeness (QED) is 0.765. The Bertz CT molecular complexity index is 349. The second-order valence-electron chi connectivity index (χ2n) is 4.40. The highest BCUT2D eigenvalue weighted by molar-refractivity contribution is 5.63. The number of rotatable bonds is 1. The number of anilines is 2. The largest absolute Gasteiger partial charge is 0.396 e. The fourth-order valence-corrected chi connectivity index (χ4v) is 2.20. The van der Waals surface area contributed by atoms with Crippen molar-refractivity contribution in [3.63, 3.8) is 0 Å². The van der Waals surface area contributed by atoms with Gasteiger partial charge in [-0.05, 0) is 45.2 Å². The van der Waals surface area contributed by atoms with Gasteiger partial charge in [0, 0.05) is 18.3 Å². The van der Waals surface area contributed by atoms with Gasteiger partial charge in [-0.25, -0.2) is 4.98 Å². The van der Waals surface area contributed by atoms with E-state index in [1.165, 1.54) is 19.3 Å². The van der Waals surface area contributed by atoms with Crippen LogP contribution >= 0.6 is 0 Å². The van der Waals surface area contributed by atoms with Gasteiger partial charge >= 0.3 is 0 Å². The molecule has 2 rings (SSSR count). The summed E-state index contributed by atoms with van der Waals surface area (Å²) in [6.45, 7) is 5.35. The Hall–Kier alpha value is -1.25. The standard InChI is InChI=1S/C12H19N3/c1-9-6-7-11(13)12(14-9)15-8-4-3-5-10(15)2/h6-7,10H,3-5,8,13H2,1-2H3. The molecule has 0 spiro atoms. The maximum Gasteiger partial charge on any atom is 0.152 e. The number of nitrogens with two attached hydrogens (primary N) is 1. The molecule has 2 heterocycles. The number of nitrogen functional groups attached to an aromatic ring is 1. The summed E-state index contributed by atoms with van der Waals surface area (Å²) in [5, 5.41) is 0. The molecule has 82 valence electrons. The molecular formula is C12H19N3. The summed E-state index contributed by atoms with van der Waals surface area (Å²) in [4.78, 5) is 6.89. The van der Waals surface area contributed by atoms with Crippen molar-refractivity contribution < 1.29 is 0 Å². The minimum atomic E-state index is 0.565. The van der Waals surface area contributed by atoms with Gasteiger partial charge in [0.25, 0.3) is 0 Å². The first-order chi connectivity index (χ1) is 7.18. The van der Waals surface area contributed by atoms with Crippen LogP contribution in [0.1, 0.15) is 31.9 Å². The van der Waals surface area contributed by atoms with E-state index in [1.54, 1.807) is 0 Å². The van der Waals surface area contributed by atoms with Crippen molar-refractivity contribution in [3.05, 3.63) is 17.8 Å². The molecule has 0 amide bonds. The maximum atomic E-state index is 5.98. The van der Waals surface area contributed by atoms with Crippen LogP contribution in [0, 0.1) is 6.92 Å². The van der Waals surface area contributed by atoms with Gasteiger partial charge in [0.15, 0.2) is 5.82 Å². The molecule has 1 aliphatic heterocycles. The minimum absolute atomic E-state index is 0.565. The van der Waals surface area contributed by atoms with E-state index in [4.69, 9.17) is 5.73 Å². The Morgan fingerprint density at radius 1 is 1.40 bits per heavy atom. The van der Waals surface area contributed by atoms with E-state index in [0.29, 0.717) is 6.04 Å². The molecule has 1 unspecified atom stereocenters. The zero-order valence-electron chi connectivity index (χ0n) is 9.53. The minimum Gasteiger partial charge on any atom is -0.396 e. The van der Waals surface area contributed by atoms with Crippen molar-refractivity contribution in [2.75, 3.05) is 17.2 Å². The van der Waals surface area contributed by atoms with E-state index in [-0.39, 0.29) is 0 Å². The Balaban J connectivity index is 2.30. The maximum absolute atomic E-state index is 5.98. The summed E-state index contributed by atoms with van der Waals surface area (Å²) < 4.78 is 0. The van der Waals surface area contributed by atoms with E-state index < -0.39 is 0 Å². The van der Waals surface area contributed by atoms with Gasteiger partial charge in [0.2, 0.25) is 0 Å². The Morgan fingerprint density at radius 2 is 2.20 bits per heavy atom. The van der Waals surface area contributed by atoms with Crippen LogP contribution in [-0.2, 0) is 0 Å². The van der Waals surface area contributed by atoms with Gasteiger partial charge in [-0.1, -0.05) is 0 Å². The molecule has 1 aromatic heterocycles. The molecule has 0 bridgehead atoms. The van der Waals surface area contributed by atoms with Crippen LogP contribution in [0.3, 0.4) is 0 Å². The summed E-state index contributed by atoms with van der Waals surface area (Å²) in [5.74, 6) is 0.974. The highest BCUT2D eigenvalue weighted by Gasteiger charge is 2.21. The molecule has 2 N–H and O–H groups in total. The number of hydrogen-bond donors (Lipinski definition) is 1. The third-order valence-electron chi connectivity index (χ3n) is 3.12. The van der Waals surface area contributed by atoms with Crippen LogP contribution in [0.15, 0.2) is 12.1 Å². The third-order valence-corrected chi connectivity index (χ3v) is 3.12. The van der Waals surface area contributed by atoms with Crippen LogP contribution < -0.4 is 10.6 Å². The van der Waals surface area contributed by atoms with Crippen LogP contribution in [0.25, 0.3) is 0 Å². The van der Waals surface area contributed by atoms with E-state index in [9.17, 15) is 0 Å². The smallest absolute Gasteiger partial charge is 0.152 e. The molecule has 0 aromatic carbocycles. The lowest BCUT2D eigenvalue weighted by Gasteiger charge is -2.35. The normalized spacial score (nSPS) is 21.7.